The van der Waals surface area contributed by atoms with Crippen LogP contribution in [-0.4, -0.2) is 97.0 Å². The zero-order chi connectivity index (χ0) is 29.2. The molecule has 0 saturated carbocycles. The van der Waals surface area contributed by atoms with Crippen molar-refractivity contribution in [3.63, 3.8) is 0 Å². The highest BCUT2D eigenvalue weighted by Gasteiger charge is 2.32. The van der Waals surface area contributed by atoms with Gasteiger partial charge in [0.05, 0.1) is 18.8 Å². The number of rotatable bonds is 8. The molecule has 3 aliphatic heterocycles. The van der Waals surface area contributed by atoms with Crippen molar-refractivity contribution in [2.75, 3.05) is 68.8 Å². The zero-order valence-electron chi connectivity index (χ0n) is 24.1. The Morgan fingerprint density at radius 3 is 2.57 bits per heavy atom. The molecular formula is C32H38F2N6O2. The van der Waals surface area contributed by atoms with E-state index < -0.39 is 12.3 Å². The van der Waals surface area contributed by atoms with Gasteiger partial charge >= 0.3 is 6.01 Å². The first-order valence-corrected chi connectivity index (χ1v) is 14.8. The number of alkyl halides is 2. The summed E-state index contributed by atoms with van der Waals surface area (Å²) in [6.07, 6.45) is -0.0374. The average Bonchev–Trinajstić information content (AvgIpc) is 3.34. The van der Waals surface area contributed by atoms with Crippen molar-refractivity contribution in [3.05, 3.63) is 65.9 Å². The van der Waals surface area contributed by atoms with Crippen molar-refractivity contribution in [1.29, 1.82) is 0 Å². The van der Waals surface area contributed by atoms with Gasteiger partial charge in [-0.3, -0.25) is 9.69 Å². The monoisotopic (exact) mass is 576 g/mol. The first-order chi connectivity index (χ1) is 20.4. The molecule has 0 aliphatic carbocycles. The molecule has 0 radical (unpaired) electrons. The summed E-state index contributed by atoms with van der Waals surface area (Å²) in [7, 11) is 0. The molecule has 0 N–H and O–H groups in total. The number of halogens is 2. The lowest BCUT2D eigenvalue weighted by Gasteiger charge is -2.38. The molecule has 2 saturated heterocycles. The highest BCUT2D eigenvalue weighted by molar-refractivity contribution is 5.95. The van der Waals surface area contributed by atoms with Gasteiger partial charge in [0.1, 0.15) is 18.2 Å². The third kappa shape index (κ3) is 5.90. The number of aryl methyl sites for hydroxylation is 1. The molecule has 1 aromatic heterocycles. The van der Waals surface area contributed by atoms with E-state index in [1.54, 1.807) is 9.80 Å². The first kappa shape index (κ1) is 28.3. The average molecular weight is 577 g/mol. The highest BCUT2D eigenvalue weighted by Crippen LogP contribution is 2.35. The fourth-order valence-electron chi connectivity index (χ4n) is 6.32. The number of aromatic nitrogens is 2. The molecule has 2 aromatic carbocycles. The van der Waals surface area contributed by atoms with Crippen molar-refractivity contribution >= 4 is 28.2 Å². The molecule has 3 aromatic rings. The summed E-state index contributed by atoms with van der Waals surface area (Å²) in [6.45, 7) is 10.9. The Bertz CT molecular complexity index is 1450. The largest absolute Gasteiger partial charge is 0.463 e. The van der Waals surface area contributed by atoms with Crippen LogP contribution in [0.25, 0.3) is 10.8 Å². The van der Waals surface area contributed by atoms with Gasteiger partial charge in [0, 0.05) is 69.0 Å². The molecule has 8 nitrogen and oxygen atoms in total. The number of carbonyl (C=O) groups excluding carboxylic acids is 1. The first-order valence-electron chi connectivity index (χ1n) is 14.8. The fraction of sp³-hybridized carbons (Fsp3) is 0.469. The van der Waals surface area contributed by atoms with Crippen molar-refractivity contribution in [2.45, 2.75) is 38.7 Å². The molecule has 6 rings (SSSR count). The smallest absolute Gasteiger partial charge is 0.318 e. The van der Waals surface area contributed by atoms with Gasteiger partial charge in [-0.1, -0.05) is 36.9 Å². The Morgan fingerprint density at radius 2 is 1.81 bits per heavy atom. The lowest BCUT2D eigenvalue weighted by atomic mass is 10.0. The minimum Gasteiger partial charge on any atom is -0.463 e. The van der Waals surface area contributed by atoms with Crippen molar-refractivity contribution in [2.24, 2.45) is 0 Å². The second-order valence-electron chi connectivity index (χ2n) is 11.4. The van der Waals surface area contributed by atoms with Crippen LogP contribution in [0.15, 0.2) is 49.1 Å². The summed E-state index contributed by atoms with van der Waals surface area (Å²) < 4.78 is 33.2. The van der Waals surface area contributed by atoms with Crippen LogP contribution in [0.4, 0.5) is 20.3 Å². The second-order valence-corrected chi connectivity index (χ2v) is 11.4. The van der Waals surface area contributed by atoms with E-state index in [4.69, 9.17) is 14.7 Å². The standard InChI is InChI=1S/C32H38F2N6O2/c1-3-30(41)38-12-14-39(15-13-38)31-25-9-11-40(29-18-22(2)17-23-7-4-5-8-24(23)29)21-28(25)35-32(36-31)42-16-6-10-37-19-26(33)27(34)20-37/h3-5,7-8,17-18,26-27H,1,6,9-16,19-21H2,2H3/t26-,27+. The summed E-state index contributed by atoms with van der Waals surface area (Å²) in [5.74, 6) is 0.815. The third-order valence-corrected chi connectivity index (χ3v) is 8.52. The van der Waals surface area contributed by atoms with Gasteiger partial charge in [-0.15, -0.1) is 0 Å². The topological polar surface area (TPSA) is 65.0 Å². The molecule has 222 valence electrons. The minimum absolute atomic E-state index is 0.0550. The number of hydrogen-bond donors (Lipinski definition) is 0. The Kier molecular flexibility index (Phi) is 8.24. The van der Waals surface area contributed by atoms with Crippen molar-refractivity contribution in [3.8, 4) is 6.01 Å². The lowest BCUT2D eigenvalue weighted by molar-refractivity contribution is -0.126. The molecule has 1 amide bonds. The Morgan fingerprint density at radius 1 is 1.05 bits per heavy atom. The van der Waals surface area contributed by atoms with E-state index >= 15 is 0 Å². The van der Waals surface area contributed by atoms with Crippen LogP contribution in [0.3, 0.4) is 0 Å². The van der Waals surface area contributed by atoms with Crippen LogP contribution in [0.2, 0.25) is 0 Å². The quantitative estimate of drug-likeness (QED) is 0.296. The number of benzene rings is 2. The molecule has 42 heavy (non-hydrogen) atoms. The van der Waals surface area contributed by atoms with Crippen LogP contribution in [0.1, 0.15) is 23.2 Å². The van der Waals surface area contributed by atoms with E-state index in [-0.39, 0.29) is 19.0 Å². The maximum absolute atomic E-state index is 13.6. The fourth-order valence-corrected chi connectivity index (χ4v) is 6.32. The van der Waals surface area contributed by atoms with E-state index in [1.165, 1.54) is 28.1 Å². The molecule has 2 fully saturated rings. The number of hydrogen-bond acceptors (Lipinski definition) is 7. The molecule has 0 spiro atoms. The van der Waals surface area contributed by atoms with Gasteiger partial charge in [0.2, 0.25) is 5.91 Å². The summed E-state index contributed by atoms with van der Waals surface area (Å²) >= 11 is 0. The predicted octanol–water partition coefficient (Wildman–Crippen LogP) is 4.10. The van der Waals surface area contributed by atoms with Crippen LogP contribution in [0.5, 0.6) is 6.01 Å². The van der Waals surface area contributed by atoms with Crippen LogP contribution >= 0.6 is 0 Å². The summed E-state index contributed by atoms with van der Waals surface area (Å²) in [5.41, 5.74) is 4.47. The number of ether oxygens (including phenoxy) is 1. The third-order valence-electron chi connectivity index (χ3n) is 8.52. The Hall–Kier alpha value is -3.79. The normalized spacial score (nSPS) is 21.1. The summed E-state index contributed by atoms with van der Waals surface area (Å²) in [4.78, 5) is 30.1. The van der Waals surface area contributed by atoms with Crippen molar-refractivity contribution < 1.29 is 18.3 Å². The number of piperazine rings is 1. The van der Waals surface area contributed by atoms with E-state index in [0.29, 0.717) is 58.3 Å². The van der Waals surface area contributed by atoms with Gasteiger partial charge in [-0.05, 0) is 42.9 Å². The van der Waals surface area contributed by atoms with Gasteiger partial charge in [0.25, 0.3) is 0 Å². The predicted molar refractivity (Wildman–Crippen MR) is 161 cm³/mol. The molecule has 0 bridgehead atoms. The van der Waals surface area contributed by atoms with E-state index in [9.17, 15) is 13.6 Å². The Labute approximate surface area is 245 Å². The van der Waals surface area contributed by atoms with Gasteiger partial charge in [-0.25, -0.2) is 8.78 Å². The molecule has 0 unspecified atom stereocenters. The summed E-state index contributed by atoms with van der Waals surface area (Å²) in [5, 5.41) is 2.43. The summed E-state index contributed by atoms with van der Waals surface area (Å²) in [6, 6.07) is 13.2. The lowest BCUT2D eigenvalue weighted by Crippen LogP contribution is -2.49. The number of likely N-dealkylation sites (tertiary alicyclic amines) is 1. The van der Waals surface area contributed by atoms with Crippen LogP contribution in [0, 0.1) is 6.92 Å². The number of fused-ring (bicyclic) bond motifs is 2. The van der Waals surface area contributed by atoms with E-state index in [2.05, 4.69) is 59.7 Å². The zero-order valence-corrected chi connectivity index (χ0v) is 24.1. The van der Waals surface area contributed by atoms with E-state index in [0.717, 1.165) is 30.0 Å². The molecule has 10 heteroatoms. The van der Waals surface area contributed by atoms with Gasteiger partial charge < -0.3 is 19.4 Å². The Balaban J connectivity index is 1.23. The highest BCUT2D eigenvalue weighted by atomic mass is 19.2. The molecule has 4 heterocycles. The number of carbonyl (C=O) groups is 1. The number of nitrogens with zero attached hydrogens (tertiary/aromatic N) is 6. The van der Waals surface area contributed by atoms with Crippen LogP contribution < -0.4 is 14.5 Å². The SMILES string of the molecule is C=CC(=O)N1CCN(c2nc(OCCCN3C[C@@H](F)[C@@H](F)C3)nc3c2CCN(c2cc(C)cc4ccccc24)C3)CC1. The molecule has 2 atom stereocenters. The second kappa shape index (κ2) is 12.2. The molecule has 3 aliphatic rings. The molecular weight excluding hydrogens is 538 g/mol. The number of anilines is 2. The van der Waals surface area contributed by atoms with Gasteiger partial charge in [0.15, 0.2) is 0 Å². The van der Waals surface area contributed by atoms with Crippen molar-refractivity contribution in [1.82, 2.24) is 19.8 Å². The maximum atomic E-state index is 13.6. The maximum Gasteiger partial charge on any atom is 0.318 e. The van der Waals surface area contributed by atoms with Crippen LogP contribution in [-0.2, 0) is 17.8 Å². The van der Waals surface area contributed by atoms with E-state index in [1.807, 2.05) is 0 Å². The number of amides is 1. The van der Waals surface area contributed by atoms with Gasteiger partial charge in [-0.2, -0.15) is 9.97 Å². The minimum atomic E-state index is -1.41.